The molecule has 0 spiro atoms. The number of carbonyl (C=O) groups is 2. The average Bonchev–Trinajstić information content (AvgIpc) is 3.18. The van der Waals surface area contributed by atoms with Crippen molar-refractivity contribution in [2.45, 2.75) is 38.0 Å². The molecule has 1 aromatic heterocycles. The molecule has 0 aliphatic carbocycles. The highest BCUT2D eigenvalue weighted by Crippen LogP contribution is 2.20. The number of allylic oxidation sites excluding steroid dienone is 1. The Bertz CT molecular complexity index is 1130. The minimum atomic E-state index is -0.594. The summed E-state index contributed by atoms with van der Waals surface area (Å²) in [5.74, 6) is -0.260. The third-order valence-electron chi connectivity index (χ3n) is 4.82. The fourth-order valence-corrected chi connectivity index (χ4v) is 3.81. The second kappa shape index (κ2) is 11.4. The van der Waals surface area contributed by atoms with E-state index < -0.39 is 11.7 Å². The summed E-state index contributed by atoms with van der Waals surface area (Å²) in [6.45, 7) is 8.43. The van der Waals surface area contributed by atoms with Crippen LogP contribution in [0.4, 0.5) is 10.1 Å². The van der Waals surface area contributed by atoms with Gasteiger partial charge in [-0.15, -0.1) is 16.8 Å². The molecule has 9 heteroatoms. The van der Waals surface area contributed by atoms with Crippen LogP contribution in [0.15, 0.2) is 66.3 Å². The summed E-state index contributed by atoms with van der Waals surface area (Å²) in [4.78, 5) is 24.7. The molecular weight excluding hydrogens is 441 g/mol. The molecule has 0 bridgehead atoms. The second-order valence-electron chi connectivity index (χ2n) is 7.57. The van der Waals surface area contributed by atoms with E-state index in [1.807, 2.05) is 24.3 Å². The number of anilines is 1. The summed E-state index contributed by atoms with van der Waals surface area (Å²) >= 11 is 1.23. The van der Waals surface area contributed by atoms with Crippen LogP contribution in [-0.2, 0) is 17.9 Å². The van der Waals surface area contributed by atoms with Gasteiger partial charge in [0, 0.05) is 12.2 Å². The van der Waals surface area contributed by atoms with Gasteiger partial charge >= 0.3 is 0 Å². The van der Waals surface area contributed by atoms with Crippen LogP contribution >= 0.6 is 11.8 Å². The maximum Gasteiger partial charge on any atom is 0.254 e. The van der Waals surface area contributed by atoms with E-state index in [0.29, 0.717) is 23.4 Å². The molecule has 0 saturated heterocycles. The number of hydrogen-bond donors (Lipinski definition) is 2. The molecule has 7 nitrogen and oxygen atoms in total. The number of benzene rings is 2. The van der Waals surface area contributed by atoms with Gasteiger partial charge in [-0.1, -0.05) is 56.0 Å². The van der Waals surface area contributed by atoms with Crippen molar-refractivity contribution in [3.05, 3.63) is 84.0 Å². The molecule has 0 aliphatic rings. The molecular formula is C24H26FN5O2S. The number of amides is 2. The predicted octanol–water partition coefficient (Wildman–Crippen LogP) is 4.39. The van der Waals surface area contributed by atoms with Crippen molar-refractivity contribution >= 4 is 29.3 Å². The highest BCUT2D eigenvalue weighted by Gasteiger charge is 2.16. The maximum absolute atomic E-state index is 13.8. The number of nitrogens with one attached hydrogen (secondary N) is 2. The van der Waals surface area contributed by atoms with Crippen LogP contribution in [0.1, 0.15) is 41.5 Å². The molecule has 1 heterocycles. The van der Waals surface area contributed by atoms with Crippen molar-refractivity contribution in [2.75, 3.05) is 11.1 Å². The van der Waals surface area contributed by atoms with Crippen molar-refractivity contribution in [3.63, 3.8) is 0 Å². The number of halogens is 1. The average molecular weight is 468 g/mol. The number of hydrogen-bond acceptors (Lipinski definition) is 5. The molecule has 0 unspecified atom stereocenters. The summed E-state index contributed by atoms with van der Waals surface area (Å²) in [6.07, 6.45) is 1.67. The topological polar surface area (TPSA) is 88.9 Å². The number of nitrogens with zero attached hydrogens (tertiary/aromatic N) is 3. The van der Waals surface area contributed by atoms with Gasteiger partial charge in [-0.25, -0.2) is 4.39 Å². The van der Waals surface area contributed by atoms with E-state index in [9.17, 15) is 14.0 Å². The lowest BCUT2D eigenvalue weighted by Gasteiger charge is -2.10. The first kappa shape index (κ1) is 24.2. The molecule has 3 aromatic rings. The van der Waals surface area contributed by atoms with Crippen molar-refractivity contribution < 1.29 is 14.0 Å². The Balaban J connectivity index is 1.59. The van der Waals surface area contributed by atoms with Crippen molar-refractivity contribution in [3.8, 4) is 0 Å². The SMILES string of the molecule is C=CCn1c(CNC(=O)c2ccccc2F)nnc1SCC(=O)Nc1ccc(C(C)C)cc1. The van der Waals surface area contributed by atoms with E-state index in [-0.39, 0.29) is 23.8 Å². The Morgan fingerprint density at radius 1 is 1.15 bits per heavy atom. The standard InChI is InChI=1S/C24H26FN5O2S/c1-4-13-30-21(14-26-23(32)19-7-5-6-8-20(19)25)28-29-24(30)33-15-22(31)27-18-11-9-17(10-12-18)16(2)3/h4-12,16H,1,13-15H2,2-3H3,(H,26,32)(H,27,31). The molecule has 0 radical (unpaired) electrons. The van der Waals surface area contributed by atoms with Gasteiger partial charge in [-0.3, -0.25) is 9.59 Å². The van der Waals surface area contributed by atoms with E-state index >= 15 is 0 Å². The summed E-state index contributed by atoms with van der Waals surface area (Å²) in [6, 6.07) is 13.5. The van der Waals surface area contributed by atoms with Gasteiger partial charge in [-0.05, 0) is 35.7 Å². The Hall–Kier alpha value is -3.46. The minimum absolute atomic E-state index is 0.0417. The van der Waals surface area contributed by atoms with Crippen LogP contribution in [0.5, 0.6) is 0 Å². The lowest BCUT2D eigenvalue weighted by atomic mass is 10.0. The van der Waals surface area contributed by atoms with Gasteiger partial charge in [0.25, 0.3) is 5.91 Å². The largest absolute Gasteiger partial charge is 0.345 e. The fraction of sp³-hybridized carbons (Fsp3) is 0.250. The van der Waals surface area contributed by atoms with Gasteiger partial charge in [-0.2, -0.15) is 0 Å². The lowest BCUT2D eigenvalue weighted by molar-refractivity contribution is -0.113. The van der Waals surface area contributed by atoms with Crippen LogP contribution in [0.2, 0.25) is 0 Å². The minimum Gasteiger partial charge on any atom is -0.345 e. The van der Waals surface area contributed by atoms with Crippen LogP contribution in [0, 0.1) is 5.82 Å². The fourth-order valence-electron chi connectivity index (χ4n) is 3.05. The van der Waals surface area contributed by atoms with Gasteiger partial charge in [0.1, 0.15) is 5.82 Å². The third-order valence-corrected chi connectivity index (χ3v) is 5.79. The van der Waals surface area contributed by atoms with Gasteiger partial charge in [0.15, 0.2) is 11.0 Å². The molecule has 2 aromatic carbocycles. The van der Waals surface area contributed by atoms with Crippen LogP contribution in [0.25, 0.3) is 0 Å². The van der Waals surface area contributed by atoms with Gasteiger partial charge in [0.2, 0.25) is 5.91 Å². The van der Waals surface area contributed by atoms with Crippen LogP contribution in [-0.4, -0.2) is 32.3 Å². The summed E-state index contributed by atoms with van der Waals surface area (Å²) in [5, 5.41) is 14.3. The van der Waals surface area contributed by atoms with Crippen LogP contribution in [0.3, 0.4) is 0 Å². The summed E-state index contributed by atoms with van der Waals surface area (Å²) in [5.41, 5.74) is 1.89. The summed E-state index contributed by atoms with van der Waals surface area (Å²) in [7, 11) is 0. The predicted molar refractivity (Wildman–Crippen MR) is 128 cm³/mol. The van der Waals surface area contributed by atoms with Gasteiger partial charge in [0.05, 0.1) is 17.9 Å². The molecule has 0 saturated carbocycles. The van der Waals surface area contributed by atoms with Gasteiger partial charge < -0.3 is 15.2 Å². The van der Waals surface area contributed by atoms with E-state index in [1.54, 1.807) is 16.7 Å². The first-order chi connectivity index (χ1) is 15.9. The smallest absolute Gasteiger partial charge is 0.254 e. The number of aromatic nitrogens is 3. The van der Waals surface area contributed by atoms with Crippen molar-refractivity contribution in [1.29, 1.82) is 0 Å². The Morgan fingerprint density at radius 2 is 1.88 bits per heavy atom. The highest BCUT2D eigenvalue weighted by atomic mass is 32.2. The second-order valence-corrected chi connectivity index (χ2v) is 8.52. The normalized spacial score (nSPS) is 10.8. The van der Waals surface area contributed by atoms with Crippen molar-refractivity contribution in [2.24, 2.45) is 0 Å². The maximum atomic E-state index is 13.8. The monoisotopic (exact) mass is 467 g/mol. The zero-order valence-electron chi connectivity index (χ0n) is 18.5. The zero-order chi connectivity index (χ0) is 23.8. The molecule has 0 atom stereocenters. The van der Waals surface area contributed by atoms with Crippen LogP contribution < -0.4 is 10.6 Å². The van der Waals surface area contributed by atoms with E-state index in [1.165, 1.54) is 35.5 Å². The van der Waals surface area contributed by atoms with E-state index in [2.05, 4.69) is 41.3 Å². The number of carbonyl (C=O) groups excluding carboxylic acids is 2. The number of thioether (sulfide) groups is 1. The molecule has 3 rings (SSSR count). The number of rotatable bonds is 10. The van der Waals surface area contributed by atoms with E-state index in [4.69, 9.17) is 0 Å². The molecule has 2 N–H and O–H groups in total. The Morgan fingerprint density at radius 3 is 2.55 bits per heavy atom. The zero-order valence-corrected chi connectivity index (χ0v) is 19.4. The molecule has 0 fully saturated rings. The Labute approximate surface area is 196 Å². The third kappa shape index (κ3) is 6.52. The molecule has 2 amide bonds. The molecule has 33 heavy (non-hydrogen) atoms. The Kier molecular flexibility index (Phi) is 8.37. The summed E-state index contributed by atoms with van der Waals surface area (Å²) < 4.78 is 15.6. The van der Waals surface area contributed by atoms with Crippen molar-refractivity contribution in [1.82, 2.24) is 20.1 Å². The highest BCUT2D eigenvalue weighted by molar-refractivity contribution is 7.99. The molecule has 172 valence electrons. The molecule has 0 aliphatic heterocycles. The first-order valence-electron chi connectivity index (χ1n) is 10.5. The van der Waals surface area contributed by atoms with E-state index in [0.717, 1.165) is 5.69 Å². The quantitative estimate of drug-likeness (QED) is 0.341. The lowest BCUT2D eigenvalue weighted by Crippen LogP contribution is -2.25. The first-order valence-corrected chi connectivity index (χ1v) is 11.5.